The maximum Gasteiger partial charge on any atom is 0.139 e. The van der Waals surface area contributed by atoms with Crippen LogP contribution in [0.5, 0.6) is 5.75 Å². The molecule has 0 atom stereocenters. The molecule has 1 saturated heterocycles. The topological polar surface area (TPSA) is 50.3 Å². The number of rotatable bonds is 2. The predicted molar refractivity (Wildman–Crippen MR) is 78.6 cm³/mol. The van der Waals surface area contributed by atoms with Crippen molar-refractivity contribution >= 4 is 33.2 Å². The minimum absolute atomic E-state index is 0.289. The Morgan fingerprint density at radius 2 is 2.26 bits per heavy atom. The molecule has 0 radical (unpaired) electrons. The molecule has 0 bridgehead atoms. The van der Waals surface area contributed by atoms with Gasteiger partial charge in [-0.25, -0.2) is 4.52 Å². The third-order valence-corrected chi connectivity index (χ3v) is 4.78. The van der Waals surface area contributed by atoms with Gasteiger partial charge >= 0.3 is 0 Å². The number of nitrogens with zero attached hydrogens (tertiary/aromatic N) is 3. The number of pyridine rings is 1. The van der Waals surface area contributed by atoms with E-state index in [0.29, 0.717) is 5.56 Å². The van der Waals surface area contributed by atoms with Gasteiger partial charge in [0.25, 0.3) is 0 Å². The van der Waals surface area contributed by atoms with E-state index in [4.69, 9.17) is 10.00 Å². The summed E-state index contributed by atoms with van der Waals surface area (Å²) in [6.45, 7) is 0. The quantitative estimate of drug-likeness (QED) is 0.844. The molecular weight excluding hydrogens is 326 g/mol. The molecule has 98 valence electrons. The van der Waals surface area contributed by atoms with E-state index in [-0.39, 0.29) is 6.10 Å². The number of aromatic nitrogens is 2. The SMILES string of the molecule is N#Cc1cnn2cc(OC3CCSCC3)cc(Br)c12. The summed E-state index contributed by atoms with van der Waals surface area (Å²) in [4.78, 5) is 0. The molecule has 0 amide bonds. The highest BCUT2D eigenvalue weighted by Gasteiger charge is 2.16. The Morgan fingerprint density at radius 3 is 3.00 bits per heavy atom. The minimum Gasteiger partial charge on any atom is -0.489 e. The molecule has 2 aromatic rings. The summed E-state index contributed by atoms with van der Waals surface area (Å²) < 4.78 is 8.53. The lowest BCUT2D eigenvalue weighted by atomic mass is 10.2. The fourth-order valence-corrected chi connectivity index (χ4v) is 3.87. The van der Waals surface area contributed by atoms with Gasteiger partial charge in [0.1, 0.15) is 17.9 Å². The molecule has 4 nitrogen and oxygen atoms in total. The van der Waals surface area contributed by atoms with Gasteiger partial charge in [-0.05, 0) is 46.3 Å². The summed E-state index contributed by atoms with van der Waals surface area (Å²) in [5, 5.41) is 13.2. The Kier molecular flexibility index (Phi) is 3.67. The van der Waals surface area contributed by atoms with Crippen molar-refractivity contribution in [3.63, 3.8) is 0 Å². The molecule has 1 fully saturated rings. The fraction of sp³-hybridized carbons (Fsp3) is 0.385. The van der Waals surface area contributed by atoms with Gasteiger partial charge in [0.05, 0.1) is 23.5 Å². The average molecular weight is 338 g/mol. The van der Waals surface area contributed by atoms with Gasteiger partial charge in [-0.1, -0.05) is 0 Å². The van der Waals surface area contributed by atoms with E-state index in [1.807, 2.05) is 24.0 Å². The Morgan fingerprint density at radius 1 is 1.47 bits per heavy atom. The molecule has 6 heteroatoms. The molecule has 19 heavy (non-hydrogen) atoms. The summed E-state index contributed by atoms with van der Waals surface area (Å²) in [5.74, 6) is 3.12. The third kappa shape index (κ3) is 2.58. The summed E-state index contributed by atoms with van der Waals surface area (Å²) >= 11 is 5.47. The number of halogens is 1. The third-order valence-electron chi connectivity index (χ3n) is 3.13. The van der Waals surface area contributed by atoms with Crippen molar-refractivity contribution in [2.75, 3.05) is 11.5 Å². The molecular formula is C13H12BrN3OS. The van der Waals surface area contributed by atoms with E-state index in [2.05, 4.69) is 27.1 Å². The van der Waals surface area contributed by atoms with Crippen LogP contribution in [0.3, 0.4) is 0 Å². The van der Waals surface area contributed by atoms with Gasteiger partial charge in [0, 0.05) is 4.47 Å². The smallest absolute Gasteiger partial charge is 0.139 e. The number of nitriles is 1. The average Bonchev–Trinajstić information content (AvgIpc) is 2.83. The highest BCUT2D eigenvalue weighted by molar-refractivity contribution is 9.10. The van der Waals surface area contributed by atoms with Crippen molar-refractivity contribution in [3.05, 3.63) is 28.5 Å². The van der Waals surface area contributed by atoms with Gasteiger partial charge in [0.15, 0.2) is 0 Å². The van der Waals surface area contributed by atoms with Crippen LogP contribution in [0.2, 0.25) is 0 Å². The number of hydrogen-bond donors (Lipinski definition) is 0. The maximum atomic E-state index is 9.02. The van der Waals surface area contributed by atoms with E-state index < -0.39 is 0 Å². The first-order valence-corrected chi connectivity index (χ1v) is 8.04. The van der Waals surface area contributed by atoms with Crippen LogP contribution in [0.4, 0.5) is 0 Å². The highest BCUT2D eigenvalue weighted by Crippen LogP contribution is 2.28. The van der Waals surface area contributed by atoms with Gasteiger partial charge < -0.3 is 4.74 Å². The first-order chi connectivity index (χ1) is 9.28. The van der Waals surface area contributed by atoms with Crippen molar-refractivity contribution < 1.29 is 4.74 Å². The normalized spacial score (nSPS) is 16.4. The molecule has 0 spiro atoms. The molecule has 0 aromatic carbocycles. The lowest BCUT2D eigenvalue weighted by Gasteiger charge is -2.22. The van der Waals surface area contributed by atoms with Crippen molar-refractivity contribution in [2.45, 2.75) is 18.9 Å². The van der Waals surface area contributed by atoms with Crippen molar-refractivity contribution in [1.82, 2.24) is 9.61 Å². The van der Waals surface area contributed by atoms with Crippen LogP contribution in [0.1, 0.15) is 18.4 Å². The van der Waals surface area contributed by atoms with Crippen LogP contribution >= 0.6 is 27.7 Å². The summed E-state index contributed by atoms with van der Waals surface area (Å²) in [7, 11) is 0. The second-order valence-electron chi connectivity index (χ2n) is 4.42. The van der Waals surface area contributed by atoms with Gasteiger partial charge in [-0.15, -0.1) is 0 Å². The first-order valence-electron chi connectivity index (χ1n) is 6.09. The predicted octanol–water partition coefficient (Wildman–Crippen LogP) is 3.24. The second kappa shape index (κ2) is 5.43. The van der Waals surface area contributed by atoms with E-state index >= 15 is 0 Å². The van der Waals surface area contributed by atoms with E-state index in [9.17, 15) is 0 Å². The second-order valence-corrected chi connectivity index (χ2v) is 6.50. The Labute approximate surface area is 123 Å². The van der Waals surface area contributed by atoms with Crippen LogP contribution < -0.4 is 4.74 Å². The standard InChI is InChI=1S/C13H12BrN3OS/c14-12-5-11(18-10-1-3-19-4-2-10)8-17-13(12)9(6-15)7-16-17/h5,7-8,10H,1-4H2. The summed E-state index contributed by atoms with van der Waals surface area (Å²) in [6.07, 6.45) is 5.87. The zero-order chi connectivity index (χ0) is 13.2. The lowest BCUT2D eigenvalue weighted by molar-refractivity contribution is 0.191. The van der Waals surface area contributed by atoms with E-state index in [0.717, 1.165) is 40.1 Å². The van der Waals surface area contributed by atoms with Crippen molar-refractivity contribution in [2.24, 2.45) is 0 Å². The van der Waals surface area contributed by atoms with Gasteiger partial charge in [-0.3, -0.25) is 0 Å². The number of hydrogen-bond acceptors (Lipinski definition) is 4. The van der Waals surface area contributed by atoms with Gasteiger partial charge in [-0.2, -0.15) is 22.1 Å². The molecule has 1 aliphatic heterocycles. The monoisotopic (exact) mass is 337 g/mol. The first kappa shape index (κ1) is 12.8. The van der Waals surface area contributed by atoms with Gasteiger partial charge in [0.2, 0.25) is 0 Å². The van der Waals surface area contributed by atoms with Crippen molar-refractivity contribution in [1.29, 1.82) is 5.26 Å². The number of thioether (sulfide) groups is 1. The Bertz CT molecular complexity index is 643. The fourth-order valence-electron chi connectivity index (χ4n) is 2.18. The molecule has 1 aliphatic rings. The highest BCUT2D eigenvalue weighted by atomic mass is 79.9. The molecule has 0 N–H and O–H groups in total. The lowest BCUT2D eigenvalue weighted by Crippen LogP contribution is -2.22. The summed E-state index contributed by atoms with van der Waals surface area (Å²) in [6, 6.07) is 4.05. The molecule has 2 aromatic heterocycles. The van der Waals surface area contributed by atoms with Crippen LogP contribution in [-0.4, -0.2) is 27.2 Å². The van der Waals surface area contributed by atoms with Crippen molar-refractivity contribution in [3.8, 4) is 11.8 Å². The zero-order valence-electron chi connectivity index (χ0n) is 10.2. The van der Waals surface area contributed by atoms with Crippen LogP contribution in [0, 0.1) is 11.3 Å². The summed E-state index contributed by atoms with van der Waals surface area (Å²) in [5.41, 5.74) is 1.35. The number of fused-ring (bicyclic) bond motifs is 1. The molecule has 0 unspecified atom stereocenters. The van der Waals surface area contributed by atoms with Crippen LogP contribution in [0.15, 0.2) is 22.9 Å². The molecule has 3 heterocycles. The van der Waals surface area contributed by atoms with Crippen LogP contribution in [0.25, 0.3) is 5.52 Å². The molecule has 0 saturated carbocycles. The largest absolute Gasteiger partial charge is 0.489 e. The minimum atomic E-state index is 0.289. The van der Waals surface area contributed by atoms with E-state index in [1.165, 1.54) is 0 Å². The Hall–Kier alpha value is -1.19. The maximum absolute atomic E-state index is 9.02. The zero-order valence-corrected chi connectivity index (χ0v) is 12.6. The Balaban J connectivity index is 1.91. The number of ether oxygens (including phenoxy) is 1. The molecule has 3 rings (SSSR count). The van der Waals surface area contributed by atoms with Crippen LogP contribution in [-0.2, 0) is 0 Å². The van der Waals surface area contributed by atoms with E-state index in [1.54, 1.807) is 10.7 Å². The molecule has 0 aliphatic carbocycles.